The van der Waals surface area contributed by atoms with Gasteiger partial charge in [-0.1, -0.05) is 77.4 Å². The number of thioether (sulfide) groups is 1. The number of hydrogen-bond donors (Lipinski definition) is 0. The van der Waals surface area contributed by atoms with Crippen molar-refractivity contribution in [2.24, 2.45) is 0 Å². The summed E-state index contributed by atoms with van der Waals surface area (Å²) in [7, 11) is 0. The van der Waals surface area contributed by atoms with E-state index in [-0.39, 0.29) is 0 Å². The van der Waals surface area contributed by atoms with Crippen molar-refractivity contribution in [3.63, 3.8) is 0 Å². The second kappa shape index (κ2) is 15.1. The van der Waals surface area contributed by atoms with Gasteiger partial charge in [-0.15, -0.1) is 0 Å². The third kappa shape index (κ3) is 10.5. The van der Waals surface area contributed by atoms with E-state index >= 15 is 0 Å². The first kappa shape index (κ1) is 21.2. The van der Waals surface area contributed by atoms with E-state index in [9.17, 15) is 0 Å². The molecule has 0 aliphatic heterocycles. The lowest BCUT2D eigenvalue weighted by Gasteiger charge is -2.36. The van der Waals surface area contributed by atoms with Gasteiger partial charge in [0.1, 0.15) is 0 Å². The molecule has 126 valence electrons. The normalized spacial score (nSPS) is 11.1. The van der Waals surface area contributed by atoms with Crippen LogP contribution in [-0.2, 0) is 0 Å². The monoisotopic (exact) mass is 332 g/mol. The predicted octanol–water partition coefficient (Wildman–Crippen LogP) is 5.72. The van der Waals surface area contributed by atoms with Gasteiger partial charge in [-0.25, -0.2) is 5.01 Å². The summed E-state index contributed by atoms with van der Waals surface area (Å²) in [6, 6.07) is 0. The Morgan fingerprint density at radius 1 is 0.762 bits per heavy atom. The van der Waals surface area contributed by atoms with Gasteiger partial charge in [0.15, 0.2) is 4.32 Å². The van der Waals surface area contributed by atoms with Crippen molar-refractivity contribution in [3.05, 3.63) is 0 Å². The minimum absolute atomic E-state index is 1.09. The number of unbranched alkanes of at least 4 members (excludes halogenated alkanes) is 4. The van der Waals surface area contributed by atoms with Crippen LogP contribution >= 0.6 is 24.0 Å². The van der Waals surface area contributed by atoms with E-state index < -0.39 is 0 Å². The summed E-state index contributed by atoms with van der Waals surface area (Å²) in [5.41, 5.74) is 0. The van der Waals surface area contributed by atoms with E-state index in [0.29, 0.717) is 0 Å². The molecule has 0 heterocycles. The molecule has 0 saturated carbocycles. The highest BCUT2D eigenvalue weighted by Crippen LogP contribution is 2.16. The fourth-order valence-corrected chi connectivity index (χ4v) is 3.49. The molecule has 0 aromatic carbocycles. The summed E-state index contributed by atoms with van der Waals surface area (Å²) >= 11 is 7.60. The highest BCUT2D eigenvalue weighted by Gasteiger charge is 2.17. The topological polar surface area (TPSA) is 6.48 Å². The van der Waals surface area contributed by atoms with Crippen molar-refractivity contribution in [2.75, 3.05) is 25.4 Å². The van der Waals surface area contributed by atoms with Gasteiger partial charge in [-0.2, -0.15) is 0 Å². The van der Waals surface area contributed by atoms with Crippen LogP contribution in [0.2, 0.25) is 0 Å². The molecule has 0 aliphatic rings. The molecule has 0 aliphatic carbocycles. The first-order valence-corrected chi connectivity index (χ1v) is 10.3. The first-order valence-electron chi connectivity index (χ1n) is 8.90. The minimum Gasteiger partial charge on any atom is -0.290 e. The van der Waals surface area contributed by atoms with Gasteiger partial charge in [0.2, 0.25) is 0 Å². The molecule has 0 unspecified atom stereocenters. The Kier molecular flexibility index (Phi) is 15.3. The number of thiocarbonyl (C=S) groups is 1. The van der Waals surface area contributed by atoms with Crippen LogP contribution in [0.1, 0.15) is 79.1 Å². The predicted molar refractivity (Wildman–Crippen MR) is 103 cm³/mol. The number of hydrazine groups is 1. The molecule has 0 fully saturated rings. The van der Waals surface area contributed by atoms with E-state index in [1.54, 1.807) is 0 Å². The van der Waals surface area contributed by atoms with Crippen LogP contribution < -0.4 is 0 Å². The lowest BCUT2D eigenvalue weighted by molar-refractivity contribution is 0.0459. The molecule has 0 spiro atoms. The van der Waals surface area contributed by atoms with Crippen molar-refractivity contribution < 1.29 is 0 Å². The van der Waals surface area contributed by atoms with Crippen LogP contribution in [-0.4, -0.2) is 39.7 Å². The fraction of sp³-hybridized carbons (Fsp3) is 0.941. The third-order valence-corrected chi connectivity index (χ3v) is 5.05. The third-order valence-electron chi connectivity index (χ3n) is 3.54. The number of hydrogen-bond acceptors (Lipinski definition) is 3. The van der Waals surface area contributed by atoms with Crippen LogP contribution in [0.3, 0.4) is 0 Å². The van der Waals surface area contributed by atoms with Gasteiger partial charge in [0, 0.05) is 25.4 Å². The molecule has 0 radical (unpaired) electrons. The quantitative estimate of drug-likeness (QED) is 0.241. The maximum absolute atomic E-state index is 5.73. The molecular formula is C17H36N2S2. The van der Waals surface area contributed by atoms with Crippen molar-refractivity contribution in [1.29, 1.82) is 0 Å². The van der Waals surface area contributed by atoms with Crippen molar-refractivity contribution in [3.8, 4) is 0 Å². The molecule has 0 aromatic rings. The zero-order valence-corrected chi connectivity index (χ0v) is 16.3. The molecule has 0 bridgehead atoms. The Balaban J connectivity index is 4.62. The summed E-state index contributed by atoms with van der Waals surface area (Å²) in [5.74, 6) is 1.16. The summed E-state index contributed by atoms with van der Waals surface area (Å²) in [4.78, 5) is 0. The Hall–Kier alpha value is 0.200. The van der Waals surface area contributed by atoms with Crippen LogP contribution in [0.15, 0.2) is 0 Å². The molecule has 21 heavy (non-hydrogen) atoms. The highest BCUT2D eigenvalue weighted by molar-refractivity contribution is 8.22. The van der Waals surface area contributed by atoms with Crippen molar-refractivity contribution >= 4 is 28.3 Å². The molecule has 0 saturated heterocycles. The van der Waals surface area contributed by atoms with Crippen LogP contribution in [0, 0.1) is 0 Å². The second-order valence-corrected chi connectivity index (χ2v) is 7.33. The summed E-state index contributed by atoms with van der Waals surface area (Å²) in [6.45, 7) is 12.4. The van der Waals surface area contributed by atoms with Gasteiger partial charge in [0.05, 0.1) is 0 Å². The lowest BCUT2D eigenvalue weighted by atomic mass is 10.3. The summed E-state index contributed by atoms with van der Waals surface area (Å²) in [5, 5.41) is 4.93. The van der Waals surface area contributed by atoms with E-state index in [0.717, 1.165) is 29.7 Å². The Morgan fingerprint density at radius 3 is 1.71 bits per heavy atom. The average Bonchev–Trinajstić information content (AvgIpc) is 2.49. The highest BCUT2D eigenvalue weighted by atomic mass is 32.2. The summed E-state index contributed by atoms with van der Waals surface area (Å²) in [6.07, 6.45) is 9.98. The molecule has 0 aromatic heterocycles. The van der Waals surface area contributed by atoms with E-state index in [1.165, 1.54) is 51.4 Å². The molecule has 0 amide bonds. The van der Waals surface area contributed by atoms with Gasteiger partial charge < -0.3 is 0 Å². The maximum atomic E-state index is 5.73. The molecule has 4 heteroatoms. The van der Waals surface area contributed by atoms with Gasteiger partial charge in [-0.3, -0.25) is 5.01 Å². The molecule has 0 rings (SSSR count). The Labute approximate surface area is 143 Å². The van der Waals surface area contributed by atoms with Crippen molar-refractivity contribution in [2.45, 2.75) is 79.1 Å². The molecule has 0 N–H and O–H groups in total. The molecule has 2 nitrogen and oxygen atoms in total. The van der Waals surface area contributed by atoms with Crippen LogP contribution in [0.5, 0.6) is 0 Å². The fourth-order valence-electron chi connectivity index (χ4n) is 2.07. The summed E-state index contributed by atoms with van der Waals surface area (Å²) < 4.78 is 1.09. The lowest BCUT2D eigenvalue weighted by Crippen LogP contribution is -2.46. The van der Waals surface area contributed by atoms with Crippen molar-refractivity contribution in [1.82, 2.24) is 10.0 Å². The second-order valence-electron chi connectivity index (χ2n) is 5.61. The smallest absolute Gasteiger partial charge is 0.150 e. The average molecular weight is 333 g/mol. The number of nitrogens with zero attached hydrogens (tertiary/aromatic N) is 2. The zero-order valence-electron chi connectivity index (χ0n) is 14.7. The van der Waals surface area contributed by atoms with Gasteiger partial charge in [-0.05, 0) is 25.7 Å². The minimum atomic E-state index is 1.09. The zero-order chi connectivity index (χ0) is 15.9. The van der Waals surface area contributed by atoms with E-state index in [2.05, 4.69) is 37.7 Å². The van der Waals surface area contributed by atoms with Crippen LogP contribution in [0.4, 0.5) is 0 Å². The molecule has 0 atom stereocenters. The van der Waals surface area contributed by atoms with Gasteiger partial charge in [0.25, 0.3) is 0 Å². The van der Waals surface area contributed by atoms with Crippen LogP contribution in [0.25, 0.3) is 0 Å². The van der Waals surface area contributed by atoms with E-state index in [4.69, 9.17) is 12.2 Å². The SMILES string of the molecule is CCCCSC(=S)N(CCCC)N(CCCC)CCCC. The standard InChI is InChI=1S/C17H36N2S2/c1-5-9-13-18(14-10-6-2)19(15-11-7-3)17(20)21-16-12-8-4/h5-16H2,1-4H3. The number of rotatable bonds is 13. The maximum Gasteiger partial charge on any atom is 0.150 e. The Bertz CT molecular complexity index is 239. The first-order chi connectivity index (χ1) is 10.2. The van der Waals surface area contributed by atoms with Gasteiger partial charge >= 0.3 is 0 Å². The Morgan fingerprint density at radius 2 is 1.24 bits per heavy atom. The largest absolute Gasteiger partial charge is 0.290 e. The molecular weight excluding hydrogens is 296 g/mol. The van der Waals surface area contributed by atoms with E-state index in [1.807, 2.05) is 11.8 Å².